The highest BCUT2D eigenvalue weighted by Gasteiger charge is 2.28. The predicted octanol–water partition coefficient (Wildman–Crippen LogP) is 3.87. The van der Waals surface area contributed by atoms with E-state index < -0.39 is 6.10 Å². The Labute approximate surface area is 212 Å². The number of rotatable bonds is 8. The molecule has 0 amide bonds. The second kappa shape index (κ2) is 8.86. The third-order valence-corrected chi connectivity index (χ3v) is 6.82. The number of H-pyrrole nitrogens is 1. The molecule has 1 aliphatic rings. The van der Waals surface area contributed by atoms with Crippen molar-refractivity contribution in [3.05, 3.63) is 41.2 Å². The summed E-state index contributed by atoms with van der Waals surface area (Å²) in [5.41, 5.74) is 5.09. The average molecular weight is 504 g/mol. The molecule has 0 radical (unpaired) electrons. The Morgan fingerprint density at radius 3 is 2.70 bits per heavy atom. The van der Waals surface area contributed by atoms with Crippen molar-refractivity contribution in [2.24, 2.45) is 0 Å². The van der Waals surface area contributed by atoms with E-state index in [4.69, 9.17) is 14.2 Å². The molecule has 0 saturated heterocycles. The monoisotopic (exact) mass is 503 g/mol. The lowest BCUT2D eigenvalue weighted by Crippen LogP contribution is -2.21. The zero-order valence-corrected chi connectivity index (χ0v) is 21.2. The molecule has 192 valence electrons. The number of aliphatic hydroxyl groups is 2. The number of hydrogen-bond acceptors (Lipinski definition) is 9. The summed E-state index contributed by atoms with van der Waals surface area (Å²) in [6, 6.07) is 5.99. The Kier molecular flexibility index (Phi) is 5.61. The fourth-order valence-corrected chi connectivity index (χ4v) is 4.89. The third kappa shape index (κ3) is 4.09. The molecule has 1 unspecified atom stereocenters. The van der Waals surface area contributed by atoms with E-state index in [-0.39, 0.29) is 13.2 Å². The van der Waals surface area contributed by atoms with Gasteiger partial charge in [0.05, 0.1) is 48.7 Å². The third-order valence-electron chi connectivity index (χ3n) is 6.82. The van der Waals surface area contributed by atoms with Crippen molar-refractivity contribution in [2.45, 2.75) is 52.2 Å². The van der Waals surface area contributed by atoms with Gasteiger partial charge in [-0.05, 0) is 45.7 Å². The van der Waals surface area contributed by atoms with Crippen LogP contribution in [0.3, 0.4) is 0 Å². The largest absolute Gasteiger partial charge is 0.496 e. The summed E-state index contributed by atoms with van der Waals surface area (Å²) in [4.78, 5) is 12.8. The van der Waals surface area contributed by atoms with Crippen molar-refractivity contribution >= 4 is 33.6 Å². The van der Waals surface area contributed by atoms with Crippen LogP contribution in [0.2, 0.25) is 0 Å². The number of anilines is 2. The van der Waals surface area contributed by atoms with E-state index in [1.807, 2.05) is 39.0 Å². The molecule has 1 atom stereocenters. The Morgan fingerprint density at radius 1 is 1.22 bits per heavy atom. The molecule has 1 fully saturated rings. The van der Waals surface area contributed by atoms with Crippen LogP contribution in [0.25, 0.3) is 33.1 Å². The summed E-state index contributed by atoms with van der Waals surface area (Å²) in [5, 5.41) is 33.4. The molecule has 0 aliphatic heterocycles. The highest BCUT2D eigenvalue weighted by Crippen LogP contribution is 2.42. The Hall–Kier alpha value is -3.96. The number of aryl methyl sites for hydroxylation is 3. The van der Waals surface area contributed by atoms with Crippen LogP contribution in [0.4, 0.5) is 11.6 Å². The molecule has 1 aliphatic carbocycles. The molecule has 11 nitrogen and oxygen atoms in total. The SMILES string of the molecule is COc1cc2c(cc1-c1c(C)noc1C)[nH]c1nc(C)nc(Nc3cc(C4CC4)nn3CC(O)CO)c12. The van der Waals surface area contributed by atoms with Gasteiger partial charge in [0, 0.05) is 28.5 Å². The Morgan fingerprint density at radius 2 is 2.03 bits per heavy atom. The average Bonchev–Trinajstić information content (AvgIpc) is 3.45. The molecule has 0 spiro atoms. The molecule has 4 aromatic heterocycles. The first-order valence-electron chi connectivity index (χ1n) is 12.3. The Bertz CT molecular complexity index is 1610. The van der Waals surface area contributed by atoms with Gasteiger partial charge in [-0.2, -0.15) is 5.10 Å². The van der Waals surface area contributed by atoms with Crippen LogP contribution in [0.5, 0.6) is 5.75 Å². The summed E-state index contributed by atoms with van der Waals surface area (Å²) in [5.74, 6) is 3.74. The van der Waals surface area contributed by atoms with Gasteiger partial charge in [-0.3, -0.25) is 0 Å². The summed E-state index contributed by atoms with van der Waals surface area (Å²) in [6.07, 6.45) is 1.29. The first-order valence-corrected chi connectivity index (χ1v) is 12.3. The Balaban J connectivity index is 1.50. The van der Waals surface area contributed by atoms with Crippen LogP contribution < -0.4 is 10.1 Å². The fraction of sp³-hybridized carbons (Fsp3) is 0.385. The van der Waals surface area contributed by atoms with E-state index >= 15 is 0 Å². The van der Waals surface area contributed by atoms with Crippen LogP contribution in [0.1, 0.15) is 41.7 Å². The number of nitrogens with one attached hydrogen (secondary N) is 2. The van der Waals surface area contributed by atoms with Crippen LogP contribution in [-0.4, -0.2) is 59.9 Å². The minimum absolute atomic E-state index is 0.168. The molecular weight excluding hydrogens is 474 g/mol. The molecule has 6 rings (SSSR count). The summed E-state index contributed by atoms with van der Waals surface area (Å²) >= 11 is 0. The van der Waals surface area contributed by atoms with Gasteiger partial charge >= 0.3 is 0 Å². The van der Waals surface area contributed by atoms with Crippen molar-refractivity contribution in [1.29, 1.82) is 0 Å². The minimum atomic E-state index is -0.917. The van der Waals surface area contributed by atoms with Crippen LogP contribution in [-0.2, 0) is 6.54 Å². The molecule has 5 aromatic rings. The van der Waals surface area contributed by atoms with Crippen LogP contribution in [0, 0.1) is 20.8 Å². The van der Waals surface area contributed by atoms with Gasteiger partial charge in [0.1, 0.15) is 34.6 Å². The molecule has 37 heavy (non-hydrogen) atoms. The summed E-state index contributed by atoms with van der Waals surface area (Å²) in [7, 11) is 1.64. The summed E-state index contributed by atoms with van der Waals surface area (Å²) < 4.78 is 12.9. The lowest BCUT2D eigenvalue weighted by atomic mass is 10.0. The van der Waals surface area contributed by atoms with E-state index in [9.17, 15) is 10.2 Å². The van der Waals surface area contributed by atoms with Gasteiger partial charge < -0.3 is 29.8 Å². The van der Waals surface area contributed by atoms with E-state index in [0.29, 0.717) is 40.5 Å². The number of hydrogen-bond donors (Lipinski definition) is 4. The smallest absolute Gasteiger partial charge is 0.145 e. The van der Waals surface area contributed by atoms with Crippen LogP contribution in [0.15, 0.2) is 22.7 Å². The first-order chi connectivity index (χ1) is 17.9. The standard InChI is InChI=1S/C26H29N7O4/c1-12-23(13(2)37-32-12)18-7-20-17(8-21(18)36-4)24-25(29-20)27-14(3)28-26(24)30-22-9-19(15-5-6-15)31-33(22)10-16(35)11-34/h7-9,15-16,34-35H,5-6,10-11H2,1-4H3,(H2,27,28,29,30). The van der Waals surface area contributed by atoms with Gasteiger partial charge in [0.2, 0.25) is 0 Å². The maximum Gasteiger partial charge on any atom is 0.145 e. The number of aromatic amines is 1. The van der Waals surface area contributed by atoms with E-state index in [1.54, 1.807) is 11.8 Å². The first kappa shape index (κ1) is 23.4. The van der Waals surface area contributed by atoms with Crippen LogP contribution >= 0.6 is 0 Å². The quantitative estimate of drug-likeness (QED) is 0.248. The zero-order valence-electron chi connectivity index (χ0n) is 21.2. The normalized spacial score (nSPS) is 14.5. The van der Waals surface area contributed by atoms with Gasteiger partial charge in [0.25, 0.3) is 0 Å². The van der Waals surface area contributed by atoms with E-state index in [1.165, 1.54) is 0 Å². The zero-order chi connectivity index (χ0) is 25.8. The molecular formula is C26H29N7O4. The molecule has 1 aromatic carbocycles. The molecule has 1 saturated carbocycles. The van der Waals surface area contributed by atoms with Gasteiger partial charge in [-0.25, -0.2) is 14.6 Å². The molecule has 11 heteroatoms. The van der Waals surface area contributed by atoms with Crippen molar-refractivity contribution in [1.82, 2.24) is 29.9 Å². The number of aromatic nitrogens is 6. The highest BCUT2D eigenvalue weighted by atomic mass is 16.5. The van der Waals surface area contributed by atoms with Gasteiger partial charge in [-0.15, -0.1) is 0 Å². The van der Waals surface area contributed by atoms with Crippen molar-refractivity contribution in [3.8, 4) is 16.9 Å². The van der Waals surface area contributed by atoms with Crippen molar-refractivity contribution in [2.75, 3.05) is 19.0 Å². The van der Waals surface area contributed by atoms with Gasteiger partial charge in [-0.1, -0.05) is 5.16 Å². The lowest BCUT2D eigenvalue weighted by molar-refractivity contribution is 0.0787. The van der Waals surface area contributed by atoms with Crippen molar-refractivity contribution < 1.29 is 19.5 Å². The lowest BCUT2D eigenvalue weighted by Gasteiger charge is -2.13. The number of fused-ring (bicyclic) bond motifs is 3. The molecule has 4 heterocycles. The highest BCUT2D eigenvalue weighted by molar-refractivity contribution is 6.13. The maximum absolute atomic E-state index is 10.1. The van der Waals surface area contributed by atoms with Crippen molar-refractivity contribution in [3.63, 3.8) is 0 Å². The molecule has 0 bridgehead atoms. The van der Waals surface area contributed by atoms with E-state index in [0.717, 1.165) is 51.6 Å². The second-order valence-electron chi connectivity index (χ2n) is 9.64. The number of ether oxygens (including phenoxy) is 1. The minimum Gasteiger partial charge on any atom is -0.496 e. The summed E-state index contributed by atoms with van der Waals surface area (Å²) in [6.45, 7) is 5.46. The number of aliphatic hydroxyl groups excluding tert-OH is 2. The van der Waals surface area contributed by atoms with Gasteiger partial charge in [0.15, 0.2) is 0 Å². The molecule has 4 N–H and O–H groups in total. The number of methoxy groups -OCH3 is 1. The van der Waals surface area contributed by atoms with E-state index in [2.05, 4.69) is 25.5 Å². The fourth-order valence-electron chi connectivity index (χ4n) is 4.89. The predicted molar refractivity (Wildman–Crippen MR) is 138 cm³/mol. The topological polar surface area (TPSA) is 147 Å². The number of nitrogens with zero attached hydrogens (tertiary/aromatic N) is 5. The second-order valence-corrected chi connectivity index (χ2v) is 9.64. The maximum atomic E-state index is 10.1. The number of benzene rings is 1.